The number of fused-ring (bicyclic) bond motifs is 1. The summed E-state index contributed by atoms with van der Waals surface area (Å²) < 4.78 is 38.1. The Balaban J connectivity index is 0.00000220. The third-order valence-corrected chi connectivity index (χ3v) is 5.21. The van der Waals surface area contributed by atoms with Gasteiger partial charge in [-0.3, -0.25) is 4.79 Å². The fourth-order valence-corrected chi connectivity index (χ4v) is 3.87. The molecule has 12 heteroatoms. The van der Waals surface area contributed by atoms with Crippen molar-refractivity contribution in [3.05, 3.63) is 33.1 Å². The third kappa shape index (κ3) is 3.51. The second-order valence-corrected chi connectivity index (χ2v) is 7.38. The summed E-state index contributed by atoms with van der Waals surface area (Å²) in [5.74, 6) is -0.728. The number of halogens is 3. The lowest BCUT2D eigenvalue weighted by Gasteiger charge is -2.38. The van der Waals surface area contributed by atoms with E-state index in [9.17, 15) is 27.9 Å². The van der Waals surface area contributed by atoms with Crippen molar-refractivity contribution in [3.63, 3.8) is 0 Å². The van der Waals surface area contributed by atoms with Crippen LogP contribution in [0.15, 0.2) is 22.7 Å². The lowest BCUT2D eigenvalue weighted by Crippen LogP contribution is -2.30. The zero-order valence-corrected chi connectivity index (χ0v) is 14.7. The SMILES string of the molecule is NC(=O)c1cc2cc(C(F)(F)P(=O)([O-])[O-])c(Br)cc2s1.[NH4+].[NH4+]. The van der Waals surface area contributed by atoms with Crippen LogP contribution in [-0.2, 0) is 10.2 Å². The minimum atomic E-state index is -6.16. The molecule has 1 amide bonds. The van der Waals surface area contributed by atoms with Crippen LogP contribution in [0, 0.1) is 0 Å². The molecule has 0 saturated carbocycles. The molecule has 7 nitrogen and oxygen atoms in total. The van der Waals surface area contributed by atoms with Crippen LogP contribution in [0.5, 0.6) is 0 Å². The molecule has 2 aromatic rings. The average molecular weight is 420 g/mol. The van der Waals surface area contributed by atoms with Gasteiger partial charge in [0.05, 0.1) is 4.88 Å². The Morgan fingerprint density at radius 2 is 1.82 bits per heavy atom. The number of benzene rings is 1. The summed E-state index contributed by atoms with van der Waals surface area (Å²) in [5.41, 5.74) is -0.437. The van der Waals surface area contributed by atoms with Crippen molar-refractivity contribution < 1.29 is 27.9 Å². The van der Waals surface area contributed by atoms with E-state index in [-0.39, 0.29) is 27.0 Å². The van der Waals surface area contributed by atoms with Gasteiger partial charge in [0, 0.05) is 22.3 Å². The highest BCUT2D eigenvalue weighted by Gasteiger charge is 2.38. The quantitative estimate of drug-likeness (QED) is 0.646. The predicted octanol–water partition coefficient (Wildman–Crippen LogP) is 2.48. The van der Waals surface area contributed by atoms with Crippen LogP contribution in [0.4, 0.5) is 8.78 Å². The van der Waals surface area contributed by atoms with Gasteiger partial charge in [-0.1, -0.05) is 15.9 Å². The summed E-state index contributed by atoms with van der Waals surface area (Å²) >= 11 is 3.78. The lowest BCUT2D eigenvalue weighted by molar-refractivity contribution is -0.335. The minimum Gasteiger partial charge on any atom is -0.806 e. The summed E-state index contributed by atoms with van der Waals surface area (Å²) in [5, 5.41) is 0.204. The number of quaternary nitrogens is 2. The second-order valence-electron chi connectivity index (χ2n) is 3.88. The van der Waals surface area contributed by atoms with E-state index in [4.69, 9.17) is 5.73 Å². The van der Waals surface area contributed by atoms with Gasteiger partial charge in [0.15, 0.2) is 0 Å². The van der Waals surface area contributed by atoms with Gasteiger partial charge >= 0.3 is 0 Å². The molecule has 1 aromatic heterocycles. The summed E-state index contributed by atoms with van der Waals surface area (Å²) in [6.45, 7) is 0. The van der Waals surface area contributed by atoms with Gasteiger partial charge in [0.2, 0.25) is 0 Å². The summed E-state index contributed by atoms with van der Waals surface area (Å²) in [6.07, 6.45) is 0. The number of hydrogen-bond donors (Lipinski definition) is 3. The van der Waals surface area contributed by atoms with E-state index in [0.717, 1.165) is 17.4 Å². The molecule has 0 spiro atoms. The van der Waals surface area contributed by atoms with E-state index in [2.05, 4.69) is 15.9 Å². The van der Waals surface area contributed by atoms with E-state index in [1.54, 1.807) is 0 Å². The number of thiophene rings is 1. The van der Waals surface area contributed by atoms with Crippen molar-refractivity contribution in [1.29, 1.82) is 0 Å². The lowest BCUT2D eigenvalue weighted by atomic mass is 10.1. The molecule has 124 valence electrons. The normalized spacial score (nSPS) is 11.7. The number of rotatable bonds is 3. The average Bonchev–Trinajstić information content (AvgIpc) is 2.68. The van der Waals surface area contributed by atoms with Crippen LogP contribution in [-0.4, -0.2) is 5.91 Å². The van der Waals surface area contributed by atoms with E-state index in [1.165, 1.54) is 12.1 Å². The smallest absolute Gasteiger partial charge is 0.298 e. The fourth-order valence-electron chi connectivity index (χ4n) is 1.56. The molecular weight excluding hydrogens is 407 g/mol. The monoisotopic (exact) mass is 419 g/mol. The van der Waals surface area contributed by atoms with E-state index in [1.807, 2.05) is 0 Å². The molecule has 0 atom stereocenters. The molecule has 1 aromatic carbocycles. The zero-order valence-electron chi connectivity index (χ0n) is 11.4. The third-order valence-electron chi connectivity index (χ3n) is 2.52. The van der Waals surface area contributed by atoms with Gasteiger partial charge in [-0.05, 0) is 23.6 Å². The van der Waals surface area contributed by atoms with Crippen LogP contribution in [0.25, 0.3) is 10.1 Å². The van der Waals surface area contributed by atoms with Crippen LogP contribution < -0.4 is 27.8 Å². The number of nitrogens with two attached hydrogens (primary N) is 1. The molecule has 0 unspecified atom stereocenters. The molecule has 0 radical (unpaired) electrons. The molecule has 1 heterocycles. The Hall–Kier alpha value is -0.940. The Bertz CT molecular complexity index is 764. The highest BCUT2D eigenvalue weighted by atomic mass is 79.9. The number of primary amides is 1. The summed E-state index contributed by atoms with van der Waals surface area (Å²) in [7, 11) is -6.16. The maximum Gasteiger partial charge on any atom is 0.298 e. The Morgan fingerprint density at radius 1 is 1.27 bits per heavy atom. The number of carbonyl (C=O) groups excluding carboxylic acids is 1. The largest absolute Gasteiger partial charge is 0.806 e. The highest BCUT2D eigenvalue weighted by Crippen LogP contribution is 2.55. The maximum atomic E-state index is 13.6. The topological polar surface area (TPSA) is 179 Å². The van der Waals surface area contributed by atoms with Crippen molar-refractivity contribution in [2.24, 2.45) is 5.73 Å². The number of carbonyl (C=O) groups is 1. The van der Waals surface area contributed by atoms with Crippen LogP contribution in [0.2, 0.25) is 0 Å². The maximum absolute atomic E-state index is 13.6. The molecule has 0 bridgehead atoms. The molecule has 0 saturated heterocycles. The van der Waals surface area contributed by atoms with Gasteiger partial charge < -0.3 is 32.4 Å². The Labute approximate surface area is 136 Å². The number of alkyl halides is 2. The first kappa shape index (κ1) is 21.1. The molecule has 2 rings (SSSR count). The number of hydrogen-bond acceptors (Lipinski definition) is 5. The van der Waals surface area contributed by atoms with Gasteiger partial charge in [0.25, 0.3) is 11.6 Å². The van der Waals surface area contributed by atoms with Gasteiger partial charge in [-0.2, -0.15) is 8.78 Å². The van der Waals surface area contributed by atoms with E-state index < -0.39 is 24.7 Å². The molecule has 0 aliphatic heterocycles. The fraction of sp³-hybridized carbons (Fsp3) is 0.100. The van der Waals surface area contributed by atoms with Crippen molar-refractivity contribution in [3.8, 4) is 0 Å². The van der Waals surface area contributed by atoms with Crippen molar-refractivity contribution in [2.75, 3.05) is 0 Å². The molecule has 10 N–H and O–H groups in total. The van der Waals surface area contributed by atoms with Crippen LogP contribution in [0.1, 0.15) is 15.2 Å². The van der Waals surface area contributed by atoms with E-state index >= 15 is 0 Å². The molecular formula is C10H13BrF2N3O4PS. The van der Waals surface area contributed by atoms with Crippen molar-refractivity contribution in [2.45, 2.75) is 5.66 Å². The van der Waals surface area contributed by atoms with Gasteiger partial charge in [-0.15, -0.1) is 11.3 Å². The summed E-state index contributed by atoms with van der Waals surface area (Å²) in [6, 6.07) is 3.32. The second kappa shape index (κ2) is 6.67. The van der Waals surface area contributed by atoms with Crippen molar-refractivity contribution >= 4 is 50.9 Å². The molecule has 0 fully saturated rings. The van der Waals surface area contributed by atoms with Crippen molar-refractivity contribution in [1.82, 2.24) is 12.3 Å². The Morgan fingerprint density at radius 3 is 2.27 bits per heavy atom. The van der Waals surface area contributed by atoms with Crippen LogP contribution in [0.3, 0.4) is 0 Å². The van der Waals surface area contributed by atoms with E-state index in [0.29, 0.717) is 4.70 Å². The van der Waals surface area contributed by atoms with Crippen LogP contribution >= 0.6 is 34.9 Å². The molecule has 22 heavy (non-hydrogen) atoms. The van der Waals surface area contributed by atoms with Gasteiger partial charge in [-0.25, -0.2) is 0 Å². The molecule has 0 aliphatic rings. The zero-order chi connectivity index (χ0) is 15.3. The number of amides is 1. The highest BCUT2D eigenvalue weighted by molar-refractivity contribution is 9.10. The Kier molecular flexibility index (Phi) is 6.38. The summed E-state index contributed by atoms with van der Waals surface area (Å²) in [4.78, 5) is 32.5. The minimum absolute atomic E-state index is 0. The predicted molar refractivity (Wildman–Crippen MR) is 81.5 cm³/mol. The van der Waals surface area contributed by atoms with Gasteiger partial charge in [0.1, 0.15) is 0 Å². The first-order valence-electron chi connectivity index (χ1n) is 4.97. The first-order chi connectivity index (χ1) is 9.04. The molecule has 0 aliphatic carbocycles. The first-order valence-corrected chi connectivity index (χ1v) is 8.12. The standard InChI is InChI=1S/C10H7BrF2NO4PS.2H3N/c11-6-3-7-4(2-8(20-7)9(14)15)1-5(6)10(12,13)19(16,17)18;;/h1-3H,(H2,14,15)(H2,16,17,18);2*1H3.